The first-order valence-corrected chi connectivity index (χ1v) is 6.84. The maximum atomic E-state index is 6.05. The maximum absolute atomic E-state index is 6.05. The number of hydrogen-bond donors (Lipinski definition) is 2. The lowest BCUT2D eigenvalue weighted by Crippen LogP contribution is -2.57. The van der Waals surface area contributed by atoms with Gasteiger partial charge in [-0.25, -0.2) is 0 Å². The Kier molecular flexibility index (Phi) is 5.73. The third-order valence-electron chi connectivity index (χ3n) is 4.25. The second-order valence-corrected chi connectivity index (χ2v) is 4.89. The van der Waals surface area contributed by atoms with E-state index < -0.39 is 0 Å². The predicted octanol–water partition coefficient (Wildman–Crippen LogP) is 2.60. The lowest BCUT2D eigenvalue weighted by atomic mass is 9.80. The van der Waals surface area contributed by atoms with Crippen LogP contribution in [-0.2, 0) is 4.74 Å². The Balaban J connectivity index is 2.78. The summed E-state index contributed by atoms with van der Waals surface area (Å²) in [5.41, 5.74) is 2.98. The molecule has 0 aliphatic heterocycles. The van der Waals surface area contributed by atoms with Crippen molar-refractivity contribution in [2.45, 2.75) is 70.9 Å². The molecule has 0 amide bonds. The number of rotatable bonds is 7. The van der Waals surface area contributed by atoms with Crippen LogP contribution in [0.5, 0.6) is 0 Å². The standard InChI is InChI=1S/C13H28N2O/c1-4-13(5-2,16-6-3)12(15-14)11-9-7-8-10-11/h11-12,15H,4-10,14H2,1-3H3. The highest BCUT2D eigenvalue weighted by atomic mass is 16.5. The van der Waals surface area contributed by atoms with Crippen LogP contribution >= 0.6 is 0 Å². The monoisotopic (exact) mass is 228 g/mol. The van der Waals surface area contributed by atoms with Crippen LogP contribution in [0.3, 0.4) is 0 Å². The molecule has 0 aromatic heterocycles. The number of hydrogen-bond acceptors (Lipinski definition) is 3. The van der Waals surface area contributed by atoms with E-state index >= 15 is 0 Å². The van der Waals surface area contributed by atoms with Crippen molar-refractivity contribution in [2.24, 2.45) is 11.8 Å². The first kappa shape index (κ1) is 13.9. The molecule has 0 spiro atoms. The molecule has 0 saturated heterocycles. The van der Waals surface area contributed by atoms with Crippen molar-refractivity contribution < 1.29 is 4.74 Å². The van der Waals surface area contributed by atoms with Crippen molar-refractivity contribution in [1.29, 1.82) is 0 Å². The molecule has 0 aromatic rings. The topological polar surface area (TPSA) is 47.3 Å². The Hall–Kier alpha value is -0.120. The fourth-order valence-electron chi connectivity index (χ4n) is 3.28. The largest absolute Gasteiger partial charge is 0.374 e. The molecule has 1 fully saturated rings. The van der Waals surface area contributed by atoms with E-state index in [4.69, 9.17) is 10.6 Å². The average molecular weight is 228 g/mol. The normalized spacial score (nSPS) is 20.2. The molecule has 3 heteroatoms. The predicted molar refractivity (Wildman–Crippen MR) is 68.0 cm³/mol. The van der Waals surface area contributed by atoms with Gasteiger partial charge in [0.2, 0.25) is 0 Å². The van der Waals surface area contributed by atoms with Gasteiger partial charge >= 0.3 is 0 Å². The minimum absolute atomic E-state index is 0.0709. The van der Waals surface area contributed by atoms with Gasteiger partial charge in [0.1, 0.15) is 0 Å². The molecule has 0 heterocycles. The van der Waals surface area contributed by atoms with Crippen LogP contribution in [0.15, 0.2) is 0 Å². The van der Waals surface area contributed by atoms with E-state index in [1.54, 1.807) is 0 Å². The van der Waals surface area contributed by atoms with Crippen LogP contribution in [-0.4, -0.2) is 18.2 Å². The summed E-state index contributed by atoms with van der Waals surface area (Å²) >= 11 is 0. The quantitative estimate of drug-likeness (QED) is 0.520. The Morgan fingerprint density at radius 1 is 1.25 bits per heavy atom. The fraction of sp³-hybridized carbons (Fsp3) is 1.00. The van der Waals surface area contributed by atoms with E-state index in [-0.39, 0.29) is 5.60 Å². The summed E-state index contributed by atoms with van der Waals surface area (Å²) in [4.78, 5) is 0. The number of nitrogens with two attached hydrogens (primary N) is 1. The third-order valence-corrected chi connectivity index (χ3v) is 4.25. The maximum Gasteiger partial charge on any atom is 0.0845 e. The first-order chi connectivity index (χ1) is 7.74. The van der Waals surface area contributed by atoms with Gasteiger partial charge in [0, 0.05) is 6.61 Å². The smallest absolute Gasteiger partial charge is 0.0845 e. The Bertz CT molecular complexity index is 186. The molecule has 3 nitrogen and oxygen atoms in total. The molecule has 1 unspecified atom stereocenters. The SMILES string of the molecule is CCOC(CC)(CC)C(NN)C1CCCC1. The van der Waals surface area contributed by atoms with Crippen LogP contribution < -0.4 is 11.3 Å². The molecule has 1 saturated carbocycles. The minimum atomic E-state index is -0.0709. The summed E-state index contributed by atoms with van der Waals surface area (Å²) < 4.78 is 6.05. The van der Waals surface area contributed by atoms with E-state index in [0.29, 0.717) is 12.0 Å². The minimum Gasteiger partial charge on any atom is -0.374 e. The zero-order valence-corrected chi connectivity index (χ0v) is 11.1. The highest BCUT2D eigenvalue weighted by Crippen LogP contribution is 2.36. The van der Waals surface area contributed by atoms with Gasteiger partial charge in [-0.05, 0) is 38.5 Å². The van der Waals surface area contributed by atoms with Gasteiger partial charge < -0.3 is 4.74 Å². The molecule has 0 radical (unpaired) electrons. The summed E-state index contributed by atoms with van der Waals surface area (Å²) in [6, 6.07) is 0.310. The zero-order chi connectivity index (χ0) is 12.0. The zero-order valence-electron chi connectivity index (χ0n) is 11.1. The molecule has 1 aliphatic carbocycles. The van der Waals surface area contributed by atoms with Crippen LogP contribution in [0, 0.1) is 5.92 Å². The highest BCUT2D eigenvalue weighted by Gasteiger charge is 2.41. The molecule has 1 atom stereocenters. The van der Waals surface area contributed by atoms with E-state index in [0.717, 1.165) is 19.4 Å². The molecule has 1 rings (SSSR count). The molecule has 96 valence electrons. The number of ether oxygens (including phenoxy) is 1. The van der Waals surface area contributed by atoms with Gasteiger partial charge in [-0.15, -0.1) is 0 Å². The highest BCUT2D eigenvalue weighted by molar-refractivity contribution is 4.96. The summed E-state index contributed by atoms with van der Waals surface area (Å²) in [7, 11) is 0. The summed E-state index contributed by atoms with van der Waals surface area (Å²) in [5, 5.41) is 0. The first-order valence-electron chi connectivity index (χ1n) is 6.84. The van der Waals surface area contributed by atoms with Crippen LogP contribution in [0.25, 0.3) is 0 Å². The van der Waals surface area contributed by atoms with E-state index in [9.17, 15) is 0 Å². The number of hydrazine groups is 1. The van der Waals surface area contributed by atoms with Gasteiger partial charge in [-0.2, -0.15) is 0 Å². The van der Waals surface area contributed by atoms with Crippen molar-refractivity contribution in [3.8, 4) is 0 Å². The van der Waals surface area contributed by atoms with Crippen molar-refractivity contribution in [3.63, 3.8) is 0 Å². The lowest BCUT2D eigenvalue weighted by Gasteiger charge is -2.42. The van der Waals surface area contributed by atoms with Crippen LogP contribution in [0.2, 0.25) is 0 Å². The molecular formula is C13H28N2O. The second kappa shape index (κ2) is 6.58. The molecule has 3 N–H and O–H groups in total. The van der Waals surface area contributed by atoms with Crippen LogP contribution in [0.1, 0.15) is 59.3 Å². The van der Waals surface area contributed by atoms with Gasteiger partial charge in [-0.3, -0.25) is 11.3 Å². The molecule has 0 bridgehead atoms. The van der Waals surface area contributed by atoms with Crippen LogP contribution in [0.4, 0.5) is 0 Å². The Morgan fingerprint density at radius 2 is 1.81 bits per heavy atom. The van der Waals surface area contributed by atoms with Gasteiger partial charge in [0.05, 0.1) is 11.6 Å². The summed E-state index contributed by atoms with van der Waals surface area (Å²) in [6.07, 6.45) is 7.34. The molecule has 16 heavy (non-hydrogen) atoms. The summed E-state index contributed by atoms with van der Waals surface area (Å²) in [6.45, 7) is 7.26. The molecular weight excluding hydrogens is 200 g/mol. The van der Waals surface area contributed by atoms with Gasteiger partial charge in [0.15, 0.2) is 0 Å². The average Bonchev–Trinajstić information content (AvgIpc) is 2.82. The van der Waals surface area contributed by atoms with Crippen molar-refractivity contribution in [1.82, 2.24) is 5.43 Å². The van der Waals surface area contributed by atoms with E-state index in [2.05, 4.69) is 26.2 Å². The van der Waals surface area contributed by atoms with Gasteiger partial charge in [0.25, 0.3) is 0 Å². The number of nitrogens with one attached hydrogen (secondary N) is 1. The van der Waals surface area contributed by atoms with E-state index in [1.807, 2.05) is 0 Å². The molecule has 0 aromatic carbocycles. The lowest BCUT2D eigenvalue weighted by molar-refractivity contribution is -0.0850. The second-order valence-electron chi connectivity index (χ2n) is 4.89. The summed E-state index contributed by atoms with van der Waals surface area (Å²) in [5.74, 6) is 6.48. The Morgan fingerprint density at radius 3 is 2.19 bits per heavy atom. The fourth-order valence-corrected chi connectivity index (χ4v) is 3.28. The van der Waals surface area contributed by atoms with Gasteiger partial charge in [-0.1, -0.05) is 26.7 Å². The van der Waals surface area contributed by atoms with Crippen molar-refractivity contribution in [2.75, 3.05) is 6.61 Å². The van der Waals surface area contributed by atoms with Crippen molar-refractivity contribution >= 4 is 0 Å². The van der Waals surface area contributed by atoms with E-state index in [1.165, 1.54) is 25.7 Å². The Labute approximate surface area is 100 Å². The molecule has 1 aliphatic rings. The third kappa shape index (κ3) is 2.76. The van der Waals surface area contributed by atoms with Crippen molar-refractivity contribution in [3.05, 3.63) is 0 Å².